The average molecular weight is 302 g/mol. The first kappa shape index (κ1) is 15.0. The van der Waals surface area contributed by atoms with E-state index in [1.54, 1.807) is 16.8 Å². The Hall–Kier alpha value is -1.92. The van der Waals surface area contributed by atoms with Gasteiger partial charge in [0.2, 0.25) is 0 Å². The molecule has 1 amide bonds. The normalized spacial score (nSPS) is 18.5. The largest absolute Gasteiger partial charge is 0.373 e. The standard InChI is InChI=1S/C16H22N4O2/c1-16(2)12-19(10-11-22-16)8-6-18-15(21)13-4-3-5-14-17-7-9-20(13)14/h3-5,7,9H,6,8,10-12H2,1-2H3,(H,18,21). The molecule has 0 aromatic carbocycles. The van der Waals surface area contributed by atoms with Crippen LogP contribution in [-0.2, 0) is 4.74 Å². The first-order valence-corrected chi connectivity index (χ1v) is 7.62. The number of nitrogens with one attached hydrogen (secondary N) is 1. The summed E-state index contributed by atoms with van der Waals surface area (Å²) in [6, 6.07) is 5.54. The van der Waals surface area contributed by atoms with Crippen LogP contribution in [-0.4, -0.2) is 58.6 Å². The summed E-state index contributed by atoms with van der Waals surface area (Å²) in [6.45, 7) is 8.19. The van der Waals surface area contributed by atoms with Crippen molar-refractivity contribution in [3.05, 3.63) is 36.3 Å². The van der Waals surface area contributed by atoms with Crippen molar-refractivity contribution in [1.82, 2.24) is 19.6 Å². The van der Waals surface area contributed by atoms with Crippen LogP contribution in [0.1, 0.15) is 24.3 Å². The number of amides is 1. The van der Waals surface area contributed by atoms with Gasteiger partial charge < -0.3 is 10.1 Å². The third-order valence-electron chi connectivity index (χ3n) is 3.88. The number of nitrogens with zero attached hydrogens (tertiary/aromatic N) is 3. The van der Waals surface area contributed by atoms with Gasteiger partial charge in [0, 0.05) is 38.6 Å². The van der Waals surface area contributed by atoms with Crippen molar-refractivity contribution in [1.29, 1.82) is 0 Å². The van der Waals surface area contributed by atoms with Crippen LogP contribution in [0.4, 0.5) is 0 Å². The third kappa shape index (κ3) is 3.28. The maximum absolute atomic E-state index is 12.3. The summed E-state index contributed by atoms with van der Waals surface area (Å²) in [4.78, 5) is 18.8. The molecule has 6 nitrogen and oxygen atoms in total. The Morgan fingerprint density at radius 2 is 2.32 bits per heavy atom. The summed E-state index contributed by atoms with van der Waals surface area (Å²) in [5.41, 5.74) is 1.28. The van der Waals surface area contributed by atoms with Crippen LogP contribution < -0.4 is 5.32 Å². The van der Waals surface area contributed by atoms with E-state index in [2.05, 4.69) is 29.0 Å². The second kappa shape index (κ2) is 6.06. The summed E-state index contributed by atoms with van der Waals surface area (Å²) in [5.74, 6) is -0.0730. The molecule has 0 aliphatic carbocycles. The molecule has 1 saturated heterocycles. The van der Waals surface area contributed by atoms with Crippen molar-refractivity contribution in [2.45, 2.75) is 19.4 Å². The van der Waals surface area contributed by atoms with Gasteiger partial charge in [-0.3, -0.25) is 14.1 Å². The molecule has 1 fully saturated rings. The Bertz CT molecular complexity index is 665. The van der Waals surface area contributed by atoms with E-state index in [1.165, 1.54) is 0 Å². The van der Waals surface area contributed by atoms with Gasteiger partial charge in [-0.05, 0) is 26.0 Å². The smallest absolute Gasteiger partial charge is 0.268 e. The molecule has 0 spiro atoms. The van der Waals surface area contributed by atoms with Gasteiger partial charge in [-0.2, -0.15) is 0 Å². The molecular formula is C16H22N4O2. The summed E-state index contributed by atoms with van der Waals surface area (Å²) in [6.07, 6.45) is 3.50. The number of hydrogen-bond donors (Lipinski definition) is 1. The molecule has 0 saturated carbocycles. The second-order valence-corrected chi connectivity index (χ2v) is 6.21. The minimum absolute atomic E-state index is 0.0730. The molecule has 0 unspecified atom stereocenters. The van der Waals surface area contributed by atoms with Crippen LogP contribution in [0.15, 0.2) is 30.6 Å². The molecule has 0 bridgehead atoms. The number of rotatable bonds is 4. The number of aromatic nitrogens is 2. The summed E-state index contributed by atoms with van der Waals surface area (Å²) in [5, 5.41) is 2.99. The van der Waals surface area contributed by atoms with E-state index in [9.17, 15) is 4.79 Å². The minimum Gasteiger partial charge on any atom is -0.373 e. The molecule has 0 atom stereocenters. The van der Waals surface area contributed by atoms with Gasteiger partial charge in [0.05, 0.1) is 12.2 Å². The molecule has 2 aromatic rings. The number of fused-ring (bicyclic) bond motifs is 1. The van der Waals surface area contributed by atoms with Crippen LogP contribution >= 0.6 is 0 Å². The van der Waals surface area contributed by atoms with E-state index < -0.39 is 0 Å². The molecule has 118 valence electrons. The topological polar surface area (TPSA) is 58.9 Å². The highest BCUT2D eigenvalue weighted by atomic mass is 16.5. The van der Waals surface area contributed by atoms with Gasteiger partial charge in [0.1, 0.15) is 11.3 Å². The lowest BCUT2D eigenvalue weighted by molar-refractivity contribution is -0.0853. The van der Waals surface area contributed by atoms with Crippen molar-refractivity contribution in [2.75, 3.05) is 32.8 Å². The van der Waals surface area contributed by atoms with Gasteiger partial charge in [-0.25, -0.2) is 4.98 Å². The van der Waals surface area contributed by atoms with Crippen molar-refractivity contribution in [3.63, 3.8) is 0 Å². The quantitative estimate of drug-likeness (QED) is 0.921. The number of imidazole rings is 1. The Morgan fingerprint density at radius 1 is 1.45 bits per heavy atom. The zero-order chi connectivity index (χ0) is 15.6. The molecule has 1 aliphatic rings. The van der Waals surface area contributed by atoms with Gasteiger partial charge >= 0.3 is 0 Å². The lowest BCUT2D eigenvalue weighted by Gasteiger charge is -2.38. The first-order valence-electron chi connectivity index (χ1n) is 7.62. The van der Waals surface area contributed by atoms with Crippen molar-refractivity contribution in [2.24, 2.45) is 0 Å². The number of morpholine rings is 1. The fourth-order valence-electron chi connectivity index (χ4n) is 2.86. The van der Waals surface area contributed by atoms with Crippen LogP contribution in [0.5, 0.6) is 0 Å². The molecule has 0 radical (unpaired) electrons. The number of carbonyl (C=O) groups excluding carboxylic acids is 1. The van der Waals surface area contributed by atoms with E-state index in [-0.39, 0.29) is 11.5 Å². The maximum atomic E-state index is 12.3. The predicted molar refractivity (Wildman–Crippen MR) is 84.0 cm³/mol. The summed E-state index contributed by atoms with van der Waals surface area (Å²) in [7, 11) is 0. The van der Waals surface area contributed by atoms with Crippen molar-refractivity contribution in [3.8, 4) is 0 Å². The van der Waals surface area contributed by atoms with Gasteiger partial charge in [-0.15, -0.1) is 0 Å². The van der Waals surface area contributed by atoms with Crippen LogP contribution in [0, 0.1) is 0 Å². The minimum atomic E-state index is -0.106. The van der Waals surface area contributed by atoms with Crippen molar-refractivity contribution < 1.29 is 9.53 Å². The number of ether oxygens (including phenoxy) is 1. The Labute approximate surface area is 130 Å². The summed E-state index contributed by atoms with van der Waals surface area (Å²) < 4.78 is 7.49. The SMILES string of the molecule is CC1(C)CN(CCNC(=O)c2cccc3nccn23)CCO1. The number of hydrogen-bond acceptors (Lipinski definition) is 4. The second-order valence-electron chi connectivity index (χ2n) is 6.21. The van der Waals surface area contributed by atoms with Gasteiger partial charge in [0.25, 0.3) is 5.91 Å². The Kier molecular flexibility index (Phi) is 4.13. The monoisotopic (exact) mass is 302 g/mol. The van der Waals surface area contributed by atoms with Gasteiger partial charge in [0.15, 0.2) is 0 Å². The molecule has 6 heteroatoms. The molecule has 2 aromatic heterocycles. The number of carbonyl (C=O) groups is 1. The van der Waals surface area contributed by atoms with E-state index >= 15 is 0 Å². The maximum Gasteiger partial charge on any atom is 0.268 e. The zero-order valence-corrected chi connectivity index (χ0v) is 13.1. The first-order chi connectivity index (χ1) is 10.6. The Balaban J connectivity index is 1.55. The zero-order valence-electron chi connectivity index (χ0n) is 13.1. The van der Waals surface area contributed by atoms with E-state index in [4.69, 9.17) is 4.74 Å². The number of pyridine rings is 1. The van der Waals surface area contributed by atoms with Gasteiger partial charge in [-0.1, -0.05) is 6.07 Å². The van der Waals surface area contributed by atoms with Crippen LogP contribution in [0.25, 0.3) is 5.65 Å². The fourth-order valence-corrected chi connectivity index (χ4v) is 2.86. The third-order valence-corrected chi connectivity index (χ3v) is 3.88. The molecule has 3 rings (SSSR count). The average Bonchev–Trinajstić information content (AvgIpc) is 2.94. The highest BCUT2D eigenvalue weighted by molar-refractivity contribution is 5.93. The fraction of sp³-hybridized carbons (Fsp3) is 0.500. The highest BCUT2D eigenvalue weighted by Gasteiger charge is 2.26. The Morgan fingerprint density at radius 3 is 3.14 bits per heavy atom. The van der Waals surface area contributed by atoms with E-state index in [1.807, 2.05) is 18.2 Å². The summed E-state index contributed by atoms with van der Waals surface area (Å²) >= 11 is 0. The van der Waals surface area contributed by atoms with Crippen LogP contribution in [0.3, 0.4) is 0 Å². The molecular weight excluding hydrogens is 280 g/mol. The molecule has 1 aliphatic heterocycles. The lowest BCUT2D eigenvalue weighted by atomic mass is 10.1. The molecule has 1 N–H and O–H groups in total. The van der Waals surface area contributed by atoms with Crippen LogP contribution in [0.2, 0.25) is 0 Å². The van der Waals surface area contributed by atoms with Crippen molar-refractivity contribution >= 4 is 11.6 Å². The molecule has 3 heterocycles. The molecule has 22 heavy (non-hydrogen) atoms. The lowest BCUT2D eigenvalue weighted by Crippen LogP contribution is -2.50. The van der Waals surface area contributed by atoms with E-state index in [0.717, 1.165) is 31.9 Å². The predicted octanol–water partition coefficient (Wildman–Crippen LogP) is 1.17. The van der Waals surface area contributed by atoms with E-state index in [0.29, 0.717) is 12.2 Å². The highest BCUT2D eigenvalue weighted by Crippen LogP contribution is 2.15.